The van der Waals surface area contributed by atoms with Crippen molar-refractivity contribution in [1.29, 1.82) is 0 Å². The van der Waals surface area contributed by atoms with Gasteiger partial charge in [-0.15, -0.1) is 0 Å². The normalized spacial score (nSPS) is 15.7. The molecule has 1 aliphatic carbocycles. The van der Waals surface area contributed by atoms with Crippen molar-refractivity contribution in [2.24, 2.45) is 0 Å². The maximum absolute atomic E-state index is 12.0. The summed E-state index contributed by atoms with van der Waals surface area (Å²) in [6, 6.07) is 4.74. The lowest BCUT2D eigenvalue weighted by atomic mass is 10.1. The molecule has 1 amide bonds. The molecule has 1 aromatic carbocycles. The van der Waals surface area contributed by atoms with E-state index in [9.17, 15) is 4.79 Å². The fourth-order valence-corrected chi connectivity index (χ4v) is 2.93. The van der Waals surface area contributed by atoms with E-state index in [1.807, 2.05) is 13.8 Å². The van der Waals surface area contributed by atoms with Gasteiger partial charge in [-0.25, -0.2) is 0 Å². The second-order valence-electron chi connectivity index (χ2n) is 5.68. The zero-order valence-electron chi connectivity index (χ0n) is 12.2. The molecule has 1 saturated carbocycles. The SMILES string of the molecule is Cc1cc(C)c(NC(=O)CNC2CCCC2)c(C)c1. The standard InChI is InChI=1S/C16H24N2O/c1-11-8-12(2)16(13(3)9-11)18-15(19)10-17-14-6-4-5-7-14/h8-9,14,17H,4-7,10H2,1-3H3,(H,18,19). The number of carbonyl (C=O) groups is 1. The van der Waals surface area contributed by atoms with Gasteiger partial charge >= 0.3 is 0 Å². The van der Waals surface area contributed by atoms with E-state index < -0.39 is 0 Å². The zero-order chi connectivity index (χ0) is 13.8. The molecule has 0 spiro atoms. The number of amides is 1. The number of nitrogens with one attached hydrogen (secondary N) is 2. The number of benzene rings is 1. The first-order chi connectivity index (χ1) is 9.06. The molecule has 3 heteroatoms. The third-order valence-corrected chi connectivity index (χ3v) is 3.85. The van der Waals surface area contributed by atoms with Gasteiger partial charge in [-0.2, -0.15) is 0 Å². The highest BCUT2D eigenvalue weighted by Gasteiger charge is 2.15. The number of rotatable bonds is 4. The Morgan fingerprint density at radius 1 is 1.16 bits per heavy atom. The summed E-state index contributed by atoms with van der Waals surface area (Å²) in [4.78, 5) is 12.0. The summed E-state index contributed by atoms with van der Waals surface area (Å²) >= 11 is 0. The van der Waals surface area contributed by atoms with Gasteiger partial charge in [0.2, 0.25) is 5.91 Å². The summed E-state index contributed by atoms with van der Waals surface area (Å²) in [6.45, 7) is 6.57. The molecule has 1 aromatic rings. The van der Waals surface area contributed by atoms with Crippen molar-refractivity contribution >= 4 is 11.6 Å². The van der Waals surface area contributed by atoms with Crippen LogP contribution in [0.2, 0.25) is 0 Å². The summed E-state index contributed by atoms with van der Waals surface area (Å²) < 4.78 is 0. The van der Waals surface area contributed by atoms with Crippen LogP contribution in [0.1, 0.15) is 42.4 Å². The van der Waals surface area contributed by atoms with Gasteiger partial charge in [0.25, 0.3) is 0 Å². The van der Waals surface area contributed by atoms with Gasteiger partial charge in [-0.3, -0.25) is 4.79 Å². The molecule has 19 heavy (non-hydrogen) atoms. The smallest absolute Gasteiger partial charge is 0.238 e. The minimum Gasteiger partial charge on any atom is -0.324 e. The van der Waals surface area contributed by atoms with Gasteiger partial charge in [0.15, 0.2) is 0 Å². The van der Waals surface area contributed by atoms with Gasteiger partial charge < -0.3 is 10.6 Å². The molecule has 2 rings (SSSR count). The van der Waals surface area contributed by atoms with Crippen molar-refractivity contribution in [2.45, 2.75) is 52.5 Å². The highest BCUT2D eigenvalue weighted by Crippen LogP contribution is 2.22. The van der Waals surface area contributed by atoms with E-state index in [4.69, 9.17) is 0 Å². The van der Waals surface area contributed by atoms with Crippen molar-refractivity contribution in [3.8, 4) is 0 Å². The largest absolute Gasteiger partial charge is 0.324 e. The van der Waals surface area contributed by atoms with E-state index in [0.29, 0.717) is 12.6 Å². The molecule has 2 N–H and O–H groups in total. The summed E-state index contributed by atoms with van der Waals surface area (Å²) in [7, 11) is 0. The van der Waals surface area contributed by atoms with Crippen molar-refractivity contribution < 1.29 is 4.79 Å². The molecule has 1 aliphatic rings. The molecule has 0 heterocycles. The Morgan fingerprint density at radius 3 is 2.32 bits per heavy atom. The molecule has 104 valence electrons. The highest BCUT2D eigenvalue weighted by molar-refractivity contribution is 5.93. The number of hydrogen-bond acceptors (Lipinski definition) is 2. The zero-order valence-corrected chi connectivity index (χ0v) is 12.2. The number of carbonyl (C=O) groups excluding carboxylic acids is 1. The van der Waals surface area contributed by atoms with Gasteiger partial charge in [0, 0.05) is 11.7 Å². The molecule has 0 bridgehead atoms. The maximum Gasteiger partial charge on any atom is 0.238 e. The molecule has 0 atom stereocenters. The van der Waals surface area contributed by atoms with Crippen LogP contribution in [-0.4, -0.2) is 18.5 Å². The van der Waals surface area contributed by atoms with Crippen LogP contribution in [0.4, 0.5) is 5.69 Å². The van der Waals surface area contributed by atoms with Gasteiger partial charge in [0.05, 0.1) is 6.54 Å². The Hall–Kier alpha value is -1.35. The molecular formula is C16H24N2O. The fraction of sp³-hybridized carbons (Fsp3) is 0.562. The van der Waals surface area contributed by atoms with Crippen LogP contribution < -0.4 is 10.6 Å². The van der Waals surface area contributed by atoms with Crippen molar-refractivity contribution in [1.82, 2.24) is 5.32 Å². The second-order valence-corrected chi connectivity index (χ2v) is 5.68. The van der Waals surface area contributed by atoms with E-state index in [1.165, 1.54) is 31.2 Å². The Bertz CT molecular complexity index is 439. The van der Waals surface area contributed by atoms with Crippen LogP contribution in [0.15, 0.2) is 12.1 Å². The summed E-state index contributed by atoms with van der Waals surface area (Å²) in [6.07, 6.45) is 4.98. The molecule has 3 nitrogen and oxygen atoms in total. The third kappa shape index (κ3) is 3.80. The van der Waals surface area contributed by atoms with Crippen molar-refractivity contribution in [3.05, 3.63) is 28.8 Å². The lowest BCUT2D eigenvalue weighted by Gasteiger charge is -2.15. The molecule has 0 aliphatic heterocycles. The van der Waals surface area contributed by atoms with Crippen LogP contribution in [0.3, 0.4) is 0 Å². The van der Waals surface area contributed by atoms with Crippen LogP contribution in [0.5, 0.6) is 0 Å². The number of aryl methyl sites for hydroxylation is 3. The Morgan fingerprint density at radius 2 is 1.74 bits per heavy atom. The minimum absolute atomic E-state index is 0.0574. The summed E-state index contributed by atoms with van der Waals surface area (Å²) in [5.74, 6) is 0.0574. The molecule has 0 unspecified atom stereocenters. The monoisotopic (exact) mass is 260 g/mol. The Labute approximate surface area is 115 Å². The molecule has 1 fully saturated rings. The van der Waals surface area contributed by atoms with Gasteiger partial charge in [-0.05, 0) is 44.7 Å². The molecular weight excluding hydrogens is 236 g/mol. The Balaban J connectivity index is 1.91. The first-order valence-electron chi connectivity index (χ1n) is 7.17. The third-order valence-electron chi connectivity index (χ3n) is 3.85. The fourth-order valence-electron chi connectivity index (χ4n) is 2.93. The van der Waals surface area contributed by atoms with Crippen LogP contribution in [0, 0.1) is 20.8 Å². The van der Waals surface area contributed by atoms with E-state index in [1.54, 1.807) is 0 Å². The quantitative estimate of drug-likeness (QED) is 0.873. The molecule has 0 aromatic heterocycles. The van der Waals surface area contributed by atoms with Crippen LogP contribution >= 0.6 is 0 Å². The van der Waals surface area contributed by atoms with E-state index in [2.05, 4.69) is 29.7 Å². The lowest BCUT2D eigenvalue weighted by molar-refractivity contribution is -0.115. The minimum atomic E-state index is 0.0574. The maximum atomic E-state index is 12.0. The van der Waals surface area contributed by atoms with E-state index in [0.717, 1.165) is 16.8 Å². The van der Waals surface area contributed by atoms with Crippen LogP contribution in [-0.2, 0) is 4.79 Å². The van der Waals surface area contributed by atoms with Crippen molar-refractivity contribution in [2.75, 3.05) is 11.9 Å². The van der Waals surface area contributed by atoms with Crippen LogP contribution in [0.25, 0.3) is 0 Å². The number of hydrogen-bond donors (Lipinski definition) is 2. The predicted octanol–water partition coefficient (Wildman–Crippen LogP) is 3.08. The molecule has 0 radical (unpaired) electrons. The summed E-state index contributed by atoms with van der Waals surface area (Å²) in [5, 5.41) is 6.37. The van der Waals surface area contributed by atoms with E-state index in [-0.39, 0.29) is 5.91 Å². The summed E-state index contributed by atoms with van der Waals surface area (Å²) in [5.41, 5.74) is 4.46. The second kappa shape index (κ2) is 6.20. The van der Waals surface area contributed by atoms with Gasteiger partial charge in [-0.1, -0.05) is 30.5 Å². The van der Waals surface area contributed by atoms with Crippen molar-refractivity contribution in [3.63, 3.8) is 0 Å². The van der Waals surface area contributed by atoms with Gasteiger partial charge in [0.1, 0.15) is 0 Å². The average Bonchev–Trinajstić information content (AvgIpc) is 2.84. The Kier molecular flexibility index (Phi) is 4.59. The average molecular weight is 260 g/mol. The first kappa shape index (κ1) is 14.1. The predicted molar refractivity (Wildman–Crippen MR) is 79.5 cm³/mol. The number of anilines is 1. The topological polar surface area (TPSA) is 41.1 Å². The first-order valence-corrected chi connectivity index (χ1v) is 7.17. The highest BCUT2D eigenvalue weighted by atomic mass is 16.1. The lowest BCUT2D eigenvalue weighted by Crippen LogP contribution is -2.34. The van der Waals surface area contributed by atoms with E-state index >= 15 is 0 Å². The molecule has 0 saturated heterocycles.